The third-order valence-electron chi connectivity index (χ3n) is 3.50. The van der Waals surface area contributed by atoms with E-state index in [1.54, 1.807) is 0 Å². The molecular weight excluding hydrogens is 281 g/mol. The highest BCUT2D eigenvalue weighted by molar-refractivity contribution is 5.90. The van der Waals surface area contributed by atoms with Crippen molar-refractivity contribution in [1.82, 2.24) is 4.90 Å². The molecule has 1 aromatic carbocycles. The first-order valence-corrected chi connectivity index (χ1v) is 6.55. The molecule has 1 aliphatic rings. The number of nitro benzene ring substituents is 1. The largest absolute Gasteiger partial charge is 0.478 e. The van der Waals surface area contributed by atoms with Crippen LogP contribution < -0.4 is 5.32 Å². The van der Waals surface area contributed by atoms with Gasteiger partial charge in [-0.3, -0.25) is 10.1 Å². The zero-order valence-electron chi connectivity index (χ0n) is 11.5. The number of carbonyl (C=O) groups is 1. The third kappa shape index (κ3) is 3.46. The maximum absolute atomic E-state index is 13.6. The Kier molecular flexibility index (Phi) is 4.37. The van der Waals surface area contributed by atoms with Gasteiger partial charge in [-0.1, -0.05) is 0 Å². The predicted octanol–water partition coefficient (Wildman–Crippen LogP) is 1.94. The van der Waals surface area contributed by atoms with Crippen LogP contribution in [-0.2, 0) is 0 Å². The molecule has 0 aliphatic carbocycles. The van der Waals surface area contributed by atoms with Crippen molar-refractivity contribution in [3.8, 4) is 0 Å². The number of piperidine rings is 1. The summed E-state index contributed by atoms with van der Waals surface area (Å²) >= 11 is 0. The number of carboxylic acid groups (broad SMARTS) is 1. The Morgan fingerprint density at radius 2 is 2.29 bits per heavy atom. The summed E-state index contributed by atoms with van der Waals surface area (Å²) < 4.78 is 13.6. The van der Waals surface area contributed by atoms with Gasteiger partial charge >= 0.3 is 5.97 Å². The molecule has 1 atom stereocenters. The van der Waals surface area contributed by atoms with Crippen LogP contribution in [0.5, 0.6) is 0 Å². The molecule has 0 saturated carbocycles. The summed E-state index contributed by atoms with van der Waals surface area (Å²) in [7, 11) is 1.94. The zero-order valence-corrected chi connectivity index (χ0v) is 11.5. The van der Waals surface area contributed by atoms with Gasteiger partial charge in [0.1, 0.15) is 11.5 Å². The molecular formula is C13H16FN3O4. The first kappa shape index (κ1) is 15.2. The van der Waals surface area contributed by atoms with E-state index in [-0.39, 0.29) is 11.7 Å². The number of rotatable bonds is 4. The van der Waals surface area contributed by atoms with Crippen LogP contribution in [0.2, 0.25) is 0 Å². The van der Waals surface area contributed by atoms with Gasteiger partial charge in [0.25, 0.3) is 5.69 Å². The summed E-state index contributed by atoms with van der Waals surface area (Å²) in [6.45, 7) is 1.64. The summed E-state index contributed by atoms with van der Waals surface area (Å²) in [5.41, 5.74) is -0.989. The Labute approximate surface area is 120 Å². The SMILES string of the molecule is CN1CCCC(Nc2cc(C(=O)O)c(F)cc2[N+](=O)[O-])C1. The molecule has 1 fully saturated rings. The highest BCUT2D eigenvalue weighted by Crippen LogP contribution is 2.29. The van der Waals surface area contributed by atoms with Gasteiger partial charge < -0.3 is 15.3 Å². The van der Waals surface area contributed by atoms with Crippen LogP contribution in [0, 0.1) is 15.9 Å². The molecule has 0 bridgehead atoms. The second-order valence-electron chi connectivity index (χ2n) is 5.16. The highest BCUT2D eigenvalue weighted by atomic mass is 19.1. The lowest BCUT2D eigenvalue weighted by Crippen LogP contribution is -2.39. The Balaban J connectivity index is 2.33. The zero-order chi connectivity index (χ0) is 15.6. The smallest absolute Gasteiger partial charge is 0.338 e. The molecule has 21 heavy (non-hydrogen) atoms. The number of hydrogen-bond donors (Lipinski definition) is 2. The van der Waals surface area contributed by atoms with Gasteiger partial charge in [-0.25, -0.2) is 9.18 Å². The van der Waals surface area contributed by atoms with E-state index in [4.69, 9.17) is 5.11 Å². The van der Waals surface area contributed by atoms with E-state index in [1.807, 2.05) is 7.05 Å². The number of anilines is 1. The quantitative estimate of drug-likeness (QED) is 0.651. The van der Waals surface area contributed by atoms with Gasteiger partial charge in [0.15, 0.2) is 0 Å². The Morgan fingerprint density at radius 3 is 2.86 bits per heavy atom. The van der Waals surface area contributed by atoms with Crippen LogP contribution in [0.3, 0.4) is 0 Å². The number of halogens is 1. The van der Waals surface area contributed by atoms with E-state index >= 15 is 0 Å². The van der Waals surface area contributed by atoms with Crippen LogP contribution in [0.4, 0.5) is 15.8 Å². The lowest BCUT2D eigenvalue weighted by atomic mass is 10.0. The highest BCUT2D eigenvalue weighted by Gasteiger charge is 2.25. The van der Waals surface area contributed by atoms with Crippen molar-refractivity contribution in [2.24, 2.45) is 0 Å². The summed E-state index contributed by atoms with van der Waals surface area (Å²) in [6, 6.07) is 1.61. The van der Waals surface area contributed by atoms with Crippen LogP contribution in [0.25, 0.3) is 0 Å². The standard InChI is InChI=1S/C13H16FN3O4/c1-16-4-2-3-8(7-16)15-11-5-9(13(18)19)10(14)6-12(11)17(20)21/h5-6,8,15H,2-4,7H2,1H3,(H,18,19). The minimum Gasteiger partial charge on any atom is -0.478 e. The van der Waals surface area contributed by atoms with Gasteiger partial charge in [-0.05, 0) is 32.5 Å². The summed E-state index contributed by atoms with van der Waals surface area (Å²) in [5, 5.41) is 22.9. The number of nitro groups is 1. The number of carboxylic acids is 1. The Morgan fingerprint density at radius 1 is 1.57 bits per heavy atom. The first-order chi connectivity index (χ1) is 9.88. The van der Waals surface area contributed by atoms with Gasteiger partial charge in [-0.15, -0.1) is 0 Å². The van der Waals surface area contributed by atoms with Gasteiger partial charge in [0.2, 0.25) is 0 Å². The molecule has 1 saturated heterocycles. The fraction of sp³-hybridized carbons (Fsp3) is 0.462. The molecule has 2 N–H and O–H groups in total. The van der Waals surface area contributed by atoms with E-state index in [9.17, 15) is 19.3 Å². The summed E-state index contributed by atoms with van der Waals surface area (Å²) in [4.78, 5) is 23.3. The minimum atomic E-state index is -1.45. The average molecular weight is 297 g/mol. The average Bonchev–Trinajstić information content (AvgIpc) is 2.39. The Bertz CT molecular complexity index is 579. The van der Waals surface area contributed by atoms with Crippen LogP contribution in [0.1, 0.15) is 23.2 Å². The molecule has 7 nitrogen and oxygen atoms in total. The van der Waals surface area contributed by atoms with E-state index in [0.717, 1.165) is 25.5 Å². The lowest BCUT2D eigenvalue weighted by Gasteiger charge is -2.30. The van der Waals surface area contributed by atoms with Crippen molar-refractivity contribution in [3.05, 3.63) is 33.6 Å². The maximum atomic E-state index is 13.6. The van der Waals surface area contributed by atoms with E-state index in [1.165, 1.54) is 0 Å². The van der Waals surface area contributed by atoms with E-state index in [2.05, 4.69) is 10.2 Å². The fourth-order valence-corrected chi connectivity index (χ4v) is 2.50. The molecule has 0 amide bonds. The van der Waals surface area contributed by atoms with E-state index < -0.39 is 28.0 Å². The second-order valence-corrected chi connectivity index (χ2v) is 5.16. The van der Waals surface area contributed by atoms with Crippen molar-refractivity contribution in [2.75, 3.05) is 25.5 Å². The van der Waals surface area contributed by atoms with Crippen molar-refractivity contribution in [2.45, 2.75) is 18.9 Å². The first-order valence-electron chi connectivity index (χ1n) is 6.55. The van der Waals surface area contributed by atoms with Crippen LogP contribution in [0.15, 0.2) is 12.1 Å². The Hall–Kier alpha value is -2.22. The molecule has 8 heteroatoms. The molecule has 114 valence electrons. The number of hydrogen-bond acceptors (Lipinski definition) is 5. The molecule has 1 aliphatic heterocycles. The maximum Gasteiger partial charge on any atom is 0.338 e. The number of likely N-dealkylation sites (tertiary alicyclic amines) is 1. The van der Waals surface area contributed by atoms with Crippen molar-refractivity contribution in [1.29, 1.82) is 0 Å². The minimum absolute atomic E-state index is 0.0328. The molecule has 0 spiro atoms. The lowest BCUT2D eigenvalue weighted by molar-refractivity contribution is -0.384. The van der Waals surface area contributed by atoms with Crippen molar-refractivity contribution >= 4 is 17.3 Å². The topological polar surface area (TPSA) is 95.7 Å². The molecule has 0 radical (unpaired) electrons. The number of nitrogens with zero attached hydrogens (tertiary/aromatic N) is 2. The van der Waals surface area contributed by atoms with Gasteiger partial charge in [-0.2, -0.15) is 0 Å². The molecule has 0 aromatic heterocycles. The van der Waals surface area contributed by atoms with Gasteiger partial charge in [0, 0.05) is 12.6 Å². The van der Waals surface area contributed by atoms with Crippen molar-refractivity contribution in [3.63, 3.8) is 0 Å². The molecule has 1 heterocycles. The fourth-order valence-electron chi connectivity index (χ4n) is 2.50. The summed E-state index contributed by atoms with van der Waals surface area (Å²) in [5.74, 6) is -2.56. The van der Waals surface area contributed by atoms with Crippen LogP contribution in [-0.4, -0.2) is 47.1 Å². The number of nitrogens with one attached hydrogen (secondary N) is 1. The monoisotopic (exact) mass is 297 g/mol. The normalized spacial score (nSPS) is 19.2. The second kappa shape index (κ2) is 6.04. The number of benzene rings is 1. The van der Waals surface area contributed by atoms with Gasteiger partial charge in [0.05, 0.1) is 16.6 Å². The van der Waals surface area contributed by atoms with Crippen molar-refractivity contribution < 1.29 is 19.2 Å². The number of likely N-dealkylation sites (N-methyl/N-ethyl adjacent to an activating group) is 1. The molecule has 2 rings (SSSR count). The summed E-state index contributed by atoms with van der Waals surface area (Å²) in [6.07, 6.45) is 1.76. The predicted molar refractivity (Wildman–Crippen MR) is 74.2 cm³/mol. The molecule has 1 unspecified atom stereocenters. The molecule has 1 aromatic rings. The number of aromatic carboxylic acids is 1. The van der Waals surface area contributed by atoms with E-state index in [0.29, 0.717) is 12.6 Å². The third-order valence-corrected chi connectivity index (χ3v) is 3.50. The van der Waals surface area contributed by atoms with Crippen LogP contribution >= 0.6 is 0 Å².